The smallest absolute Gasteiger partial charge is 0.407 e. The number of anilines is 1. The van der Waals surface area contributed by atoms with Gasteiger partial charge in [-0.15, -0.1) is 0 Å². The third kappa shape index (κ3) is 3.13. The van der Waals surface area contributed by atoms with Crippen molar-refractivity contribution in [3.63, 3.8) is 0 Å². The standard InChI is InChI=1S/C24H27N5O4/c30-20-12-19(17-9-3-4-11-27(17)24(32)33)29-22(25-20)21-16(26-29)8-5-10-18(21)28-13-14-6-1-2-7-15(14)23(28)31/h5,8,10,12,14-15,17H,1-4,6-7,9,11,13H2,(H,25,30)(H,32,33). The van der Waals surface area contributed by atoms with Crippen LogP contribution < -0.4 is 10.5 Å². The number of carbonyl (C=O) groups is 2. The lowest BCUT2D eigenvalue weighted by Crippen LogP contribution is -2.38. The van der Waals surface area contributed by atoms with E-state index in [9.17, 15) is 19.5 Å². The van der Waals surface area contributed by atoms with Crippen molar-refractivity contribution in [3.05, 3.63) is 40.3 Å². The Balaban J connectivity index is 1.53. The molecular formula is C24H27N5O4. The van der Waals surface area contributed by atoms with E-state index in [4.69, 9.17) is 5.10 Å². The molecule has 2 amide bonds. The number of hydrogen-bond acceptors (Lipinski definition) is 4. The van der Waals surface area contributed by atoms with Crippen molar-refractivity contribution in [2.75, 3.05) is 18.0 Å². The summed E-state index contributed by atoms with van der Waals surface area (Å²) in [5, 5.41) is 15.2. The van der Waals surface area contributed by atoms with Crippen LogP contribution >= 0.6 is 0 Å². The summed E-state index contributed by atoms with van der Waals surface area (Å²) in [6.07, 6.45) is 5.63. The zero-order chi connectivity index (χ0) is 22.7. The second-order valence-corrected chi connectivity index (χ2v) is 9.58. The predicted octanol–water partition coefficient (Wildman–Crippen LogP) is 3.53. The minimum absolute atomic E-state index is 0.0804. The Kier molecular flexibility index (Phi) is 4.67. The van der Waals surface area contributed by atoms with Crippen molar-refractivity contribution in [2.45, 2.75) is 51.0 Å². The van der Waals surface area contributed by atoms with Crippen LogP contribution in [0.15, 0.2) is 29.1 Å². The van der Waals surface area contributed by atoms with Crippen molar-refractivity contribution in [2.24, 2.45) is 11.8 Å². The molecule has 0 spiro atoms. The number of H-pyrrole nitrogens is 1. The monoisotopic (exact) mass is 449 g/mol. The van der Waals surface area contributed by atoms with Crippen LogP contribution in [0.5, 0.6) is 0 Å². The van der Waals surface area contributed by atoms with Crippen LogP contribution in [-0.4, -0.2) is 49.7 Å². The molecule has 0 radical (unpaired) electrons. The number of carboxylic acid groups (broad SMARTS) is 1. The van der Waals surface area contributed by atoms with Gasteiger partial charge in [0.1, 0.15) is 5.65 Å². The third-order valence-electron chi connectivity index (χ3n) is 7.73. The lowest BCUT2D eigenvalue weighted by molar-refractivity contribution is -0.121. The molecule has 172 valence electrons. The number of nitrogens with one attached hydrogen (secondary N) is 1. The molecule has 33 heavy (non-hydrogen) atoms. The van der Waals surface area contributed by atoms with Crippen molar-refractivity contribution in [3.8, 4) is 0 Å². The number of carbonyl (C=O) groups excluding carboxylic acids is 1. The summed E-state index contributed by atoms with van der Waals surface area (Å²) in [6.45, 7) is 1.13. The fraction of sp³-hybridized carbons (Fsp3) is 0.500. The summed E-state index contributed by atoms with van der Waals surface area (Å²) < 4.78 is 1.68. The number of likely N-dealkylation sites (tertiary alicyclic amines) is 1. The van der Waals surface area contributed by atoms with E-state index >= 15 is 0 Å². The van der Waals surface area contributed by atoms with E-state index in [0.29, 0.717) is 42.3 Å². The second kappa shape index (κ2) is 7.60. The van der Waals surface area contributed by atoms with Crippen LogP contribution in [0.1, 0.15) is 56.7 Å². The number of rotatable bonds is 2. The zero-order valence-electron chi connectivity index (χ0n) is 18.4. The van der Waals surface area contributed by atoms with Crippen LogP contribution in [0.25, 0.3) is 16.6 Å². The molecule has 4 heterocycles. The molecule has 3 aliphatic rings. The molecule has 0 bridgehead atoms. The lowest BCUT2D eigenvalue weighted by atomic mass is 9.81. The number of nitrogens with zero attached hydrogens (tertiary/aromatic N) is 4. The Hall–Kier alpha value is -3.36. The Bertz CT molecular complexity index is 1330. The van der Waals surface area contributed by atoms with Gasteiger partial charge in [0.15, 0.2) is 0 Å². The fourth-order valence-electron chi connectivity index (χ4n) is 6.19. The highest BCUT2D eigenvalue weighted by Crippen LogP contribution is 2.42. The summed E-state index contributed by atoms with van der Waals surface area (Å²) in [5.41, 5.74) is 2.23. The number of aromatic nitrogens is 3. The molecule has 3 atom stereocenters. The molecule has 1 aromatic carbocycles. The van der Waals surface area contributed by atoms with Crippen LogP contribution in [0.4, 0.5) is 10.5 Å². The van der Waals surface area contributed by atoms with Gasteiger partial charge in [-0.2, -0.15) is 5.10 Å². The predicted molar refractivity (Wildman–Crippen MR) is 122 cm³/mol. The van der Waals surface area contributed by atoms with E-state index in [1.165, 1.54) is 17.4 Å². The van der Waals surface area contributed by atoms with Crippen molar-refractivity contribution < 1.29 is 14.7 Å². The number of aromatic amines is 1. The average Bonchev–Trinajstić information content (AvgIpc) is 3.36. The van der Waals surface area contributed by atoms with Gasteiger partial charge in [-0.1, -0.05) is 18.9 Å². The maximum atomic E-state index is 13.3. The van der Waals surface area contributed by atoms with E-state index in [0.717, 1.165) is 43.2 Å². The van der Waals surface area contributed by atoms with Crippen molar-refractivity contribution in [1.29, 1.82) is 0 Å². The summed E-state index contributed by atoms with van der Waals surface area (Å²) in [4.78, 5) is 44.1. The van der Waals surface area contributed by atoms with Gasteiger partial charge in [-0.25, -0.2) is 9.31 Å². The van der Waals surface area contributed by atoms with Gasteiger partial charge in [0.05, 0.1) is 28.3 Å². The highest BCUT2D eigenvalue weighted by Gasteiger charge is 2.42. The molecule has 2 saturated heterocycles. The van der Waals surface area contributed by atoms with Gasteiger partial charge in [0, 0.05) is 25.1 Å². The topological polar surface area (TPSA) is 111 Å². The molecule has 1 saturated carbocycles. The van der Waals surface area contributed by atoms with E-state index in [1.807, 2.05) is 23.1 Å². The normalized spacial score (nSPS) is 25.7. The lowest BCUT2D eigenvalue weighted by Gasteiger charge is -2.33. The molecule has 1 aliphatic carbocycles. The van der Waals surface area contributed by atoms with Gasteiger partial charge >= 0.3 is 6.09 Å². The van der Waals surface area contributed by atoms with E-state index < -0.39 is 12.1 Å². The summed E-state index contributed by atoms with van der Waals surface area (Å²) in [5.74, 6) is 0.621. The first kappa shape index (κ1) is 20.3. The minimum atomic E-state index is -0.990. The molecule has 3 fully saturated rings. The van der Waals surface area contributed by atoms with Crippen molar-refractivity contribution >= 4 is 34.2 Å². The van der Waals surface area contributed by atoms with E-state index in [1.54, 1.807) is 4.52 Å². The molecule has 2 aliphatic heterocycles. The Morgan fingerprint density at radius 2 is 1.91 bits per heavy atom. The summed E-state index contributed by atoms with van der Waals surface area (Å²) >= 11 is 0. The van der Waals surface area contributed by atoms with Gasteiger partial charge < -0.3 is 15.0 Å². The molecule has 2 aromatic heterocycles. The molecule has 9 heteroatoms. The molecule has 3 unspecified atom stereocenters. The first-order valence-electron chi connectivity index (χ1n) is 11.9. The second-order valence-electron chi connectivity index (χ2n) is 9.58. The first-order chi connectivity index (χ1) is 16.0. The zero-order valence-corrected chi connectivity index (χ0v) is 18.4. The molecule has 6 rings (SSSR count). The minimum Gasteiger partial charge on any atom is -0.465 e. The Morgan fingerprint density at radius 3 is 2.73 bits per heavy atom. The fourth-order valence-corrected chi connectivity index (χ4v) is 6.19. The van der Waals surface area contributed by atoms with Gasteiger partial charge in [0.25, 0.3) is 5.56 Å². The third-order valence-corrected chi connectivity index (χ3v) is 7.73. The molecule has 2 N–H and O–H groups in total. The number of amides is 2. The maximum absolute atomic E-state index is 13.3. The van der Waals surface area contributed by atoms with Crippen LogP contribution in [0.2, 0.25) is 0 Å². The molecular weight excluding hydrogens is 422 g/mol. The van der Waals surface area contributed by atoms with Crippen LogP contribution in [0, 0.1) is 11.8 Å². The van der Waals surface area contributed by atoms with E-state index in [-0.39, 0.29) is 17.4 Å². The van der Waals surface area contributed by atoms with Gasteiger partial charge in [0.2, 0.25) is 5.91 Å². The van der Waals surface area contributed by atoms with Gasteiger partial charge in [-0.05, 0) is 50.2 Å². The van der Waals surface area contributed by atoms with E-state index in [2.05, 4.69) is 4.98 Å². The molecule has 9 nitrogen and oxygen atoms in total. The number of piperidine rings is 1. The summed E-state index contributed by atoms with van der Waals surface area (Å²) in [7, 11) is 0. The Labute approximate surface area is 190 Å². The highest BCUT2D eigenvalue weighted by molar-refractivity contribution is 6.10. The largest absolute Gasteiger partial charge is 0.465 e. The quantitative estimate of drug-likeness (QED) is 0.622. The first-order valence-corrected chi connectivity index (χ1v) is 11.9. The number of fused-ring (bicyclic) bond motifs is 4. The number of hydrogen-bond donors (Lipinski definition) is 2. The SMILES string of the molecule is O=C1C2CCCCC2CN1c1cccc2nn3c(C4CCCCN4C(=O)O)cc(=O)[nH]c3c12. The average molecular weight is 450 g/mol. The highest BCUT2D eigenvalue weighted by atomic mass is 16.4. The summed E-state index contributed by atoms with van der Waals surface area (Å²) in [6, 6.07) is 6.71. The number of benzene rings is 1. The Morgan fingerprint density at radius 1 is 1.09 bits per heavy atom. The molecule has 3 aromatic rings. The van der Waals surface area contributed by atoms with Gasteiger partial charge in [-0.3, -0.25) is 14.5 Å². The van der Waals surface area contributed by atoms with Crippen LogP contribution in [0.3, 0.4) is 0 Å². The van der Waals surface area contributed by atoms with Crippen LogP contribution in [-0.2, 0) is 4.79 Å². The van der Waals surface area contributed by atoms with Crippen molar-refractivity contribution in [1.82, 2.24) is 19.5 Å². The maximum Gasteiger partial charge on any atom is 0.407 e.